The summed E-state index contributed by atoms with van der Waals surface area (Å²) in [5.74, 6) is -0.295. The Labute approximate surface area is 130 Å². The molecule has 0 unspecified atom stereocenters. The predicted octanol–water partition coefficient (Wildman–Crippen LogP) is -0.517. The van der Waals surface area contributed by atoms with Gasteiger partial charge in [-0.15, -0.1) is 12.4 Å². The molecular formula is C14H22ClN3O3. The van der Waals surface area contributed by atoms with E-state index in [0.717, 1.165) is 5.56 Å². The van der Waals surface area contributed by atoms with Crippen LogP contribution in [0.5, 0.6) is 0 Å². The van der Waals surface area contributed by atoms with E-state index in [1.807, 2.05) is 30.3 Å². The lowest BCUT2D eigenvalue weighted by atomic mass is 10.0. The van der Waals surface area contributed by atoms with Crippen LogP contribution in [0.3, 0.4) is 0 Å². The molecule has 21 heavy (non-hydrogen) atoms. The molecule has 6 N–H and O–H groups in total. The first kappa shape index (κ1) is 17.9. The van der Waals surface area contributed by atoms with Gasteiger partial charge in [-0.25, -0.2) is 0 Å². The standard InChI is InChI=1S/C14H21N3O3.ClH/c15-10(8-9-4-2-1-3-5-9)13(19)16-11-6-7-12(18)17-14(11)20;/h1-5,10-12,14,17-18,20H,6-8,15H2,(H,16,19);1H/t10-,11-,12-,14-;/m0./s1. The van der Waals surface area contributed by atoms with E-state index in [9.17, 15) is 15.0 Å². The summed E-state index contributed by atoms with van der Waals surface area (Å²) in [6.45, 7) is 0. The number of aliphatic hydroxyl groups is 2. The van der Waals surface area contributed by atoms with Crippen LogP contribution in [0.25, 0.3) is 0 Å². The third kappa shape index (κ3) is 5.26. The minimum absolute atomic E-state index is 0. The number of carbonyl (C=O) groups is 1. The molecule has 1 aliphatic heterocycles. The van der Waals surface area contributed by atoms with Gasteiger partial charge in [0, 0.05) is 0 Å². The summed E-state index contributed by atoms with van der Waals surface area (Å²) in [6, 6.07) is 8.46. The van der Waals surface area contributed by atoms with Crippen LogP contribution < -0.4 is 16.4 Å². The van der Waals surface area contributed by atoms with E-state index in [1.54, 1.807) is 0 Å². The maximum Gasteiger partial charge on any atom is 0.237 e. The molecule has 0 aromatic heterocycles. The number of nitrogens with one attached hydrogen (secondary N) is 2. The molecule has 4 atom stereocenters. The van der Waals surface area contributed by atoms with E-state index in [0.29, 0.717) is 19.3 Å². The highest BCUT2D eigenvalue weighted by Gasteiger charge is 2.29. The van der Waals surface area contributed by atoms with Gasteiger partial charge in [0.15, 0.2) is 0 Å². The van der Waals surface area contributed by atoms with Gasteiger partial charge in [0.05, 0.1) is 12.1 Å². The van der Waals surface area contributed by atoms with Crippen molar-refractivity contribution in [2.75, 3.05) is 0 Å². The fourth-order valence-corrected chi connectivity index (χ4v) is 2.29. The zero-order valence-corrected chi connectivity index (χ0v) is 12.4. The zero-order chi connectivity index (χ0) is 14.5. The monoisotopic (exact) mass is 315 g/mol. The summed E-state index contributed by atoms with van der Waals surface area (Å²) >= 11 is 0. The second kappa shape index (κ2) is 8.31. The predicted molar refractivity (Wildman–Crippen MR) is 81.7 cm³/mol. The van der Waals surface area contributed by atoms with E-state index in [4.69, 9.17) is 5.73 Å². The van der Waals surface area contributed by atoms with Crippen LogP contribution in [0.1, 0.15) is 18.4 Å². The van der Waals surface area contributed by atoms with Crippen LogP contribution in [-0.4, -0.2) is 40.7 Å². The first-order chi connectivity index (χ1) is 9.56. The highest BCUT2D eigenvalue weighted by molar-refractivity contribution is 5.85. The third-order valence-corrected chi connectivity index (χ3v) is 3.46. The number of hydrogen-bond acceptors (Lipinski definition) is 5. The summed E-state index contributed by atoms with van der Waals surface area (Å²) in [4.78, 5) is 12.0. The van der Waals surface area contributed by atoms with Crippen molar-refractivity contribution in [1.82, 2.24) is 10.6 Å². The first-order valence-corrected chi connectivity index (χ1v) is 6.78. The van der Waals surface area contributed by atoms with Gasteiger partial charge in [0.1, 0.15) is 12.5 Å². The number of amides is 1. The Morgan fingerprint density at radius 1 is 1.33 bits per heavy atom. The fraction of sp³-hybridized carbons (Fsp3) is 0.500. The number of rotatable bonds is 4. The number of carbonyl (C=O) groups excluding carboxylic acids is 1. The Kier molecular flexibility index (Phi) is 7.07. The van der Waals surface area contributed by atoms with Crippen LogP contribution in [0, 0.1) is 0 Å². The Morgan fingerprint density at radius 2 is 2.00 bits per heavy atom. The van der Waals surface area contributed by atoms with Crippen molar-refractivity contribution < 1.29 is 15.0 Å². The van der Waals surface area contributed by atoms with Gasteiger partial charge in [0.25, 0.3) is 0 Å². The molecule has 2 rings (SSSR count). The van der Waals surface area contributed by atoms with Crippen LogP contribution in [0.2, 0.25) is 0 Å². The molecule has 1 heterocycles. The molecule has 0 spiro atoms. The van der Waals surface area contributed by atoms with E-state index >= 15 is 0 Å². The molecule has 0 bridgehead atoms. The molecule has 118 valence electrons. The molecule has 1 aliphatic rings. The summed E-state index contributed by atoms with van der Waals surface area (Å²) in [7, 11) is 0. The number of nitrogens with two attached hydrogens (primary N) is 1. The summed E-state index contributed by atoms with van der Waals surface area (Å²) < 4.78 is 0. The van der Waals surface area contributed by atoms with Crippen LogP contribution in [-0.2, 0) is 11.2 Å². The SMILES string of the molecule is Cl.N[C@@H](Cc1ccccc1)C(=O)N[C@H]1CC[C@H](O)N[C@H]1O. The average Bonchev–Trinajstić information content (AvgIpc) is 2.43. The normalized spacial score (nSPS) is 26.5. The van der Waals surface area contributed by atoms with Gasteiger partial charge in [-0.1, -0.05) is 30.3 Å². The van der Waals surface area contributed by atoms with Gasteiger partial charge in [-0.3, -0.25) is 10.1 Å². The van der Waals surface area contributed by atoms with Crippen molar-refractivity contribution in [2.45, 2.75) is 43.8 Å². The second-order valence-electron chi connectivity index (χ2n) is 5.12. The highest BCUT2D eigenvalue weighted by Crippen LogP contribution is 2.11. The van der Waals surface area contributed by atoms with Gasteiger partial charge in [-0.2, -0.15) is 0 Å². The quantitative estimate of drug-likeness (QED) is 0.514. The number of benzene rings is 1. The fourth-order valence-electron chi connectivity index (χ4n) is 2.29. The molecule has 6 nitrogen and oxygen atoms in total. The lowest BCUT2D eigenvalue weighted by Crippen LogP contribution is -2.59. The molecule has 7 heteroatoms. The van der Waals surface area contributed by atoms with Crippen LogP contribution in [0.15, 0.2) is 30.3 Å². The molecule has 1 saturated heterocycles. The van der Waals surface area contributed by atoms with Crippen molar-refractivity contribution in [2.24, 2.45) is 5.73 Å². The number of halogens is 1. The van der Waals surface area contributed by atoms with Crippen molar-refractivity contribution >= 4 is 18.3 Å². The Hall–Kier alpha value is -1.18. The lowest BCUT2D eigenvalue weighted by Gasteiger charge is -2.33. The Balaban J connectivity index is 0.00000220. The summed E-state index contributed by atoms with van der Waals surface area (Å²) in [5, 5.41) is 24.4. The lowest BCUT2D eigenvalue weighted by molar-refractivity contribution is -0.125. The van der Waals surface area contributed by atoms with Gasteiger partial charge >= 0.3 is 0 Å². The minimum Gasteiger partial charge on any atom is -0.379 e. The second-order valence-corrected chi connectivity index (χ2v) is 5.12. The summed E-state index contributed by atoms with van der Waals surface area (Å²) in [5.41, 5.74) is 6.87. The molecule has 1 fully saturated rings. The maximum atomic E-state index is 12.0. The van der Waals surface area contributed by atoms with Crippen molar-refractivity contribution in [3.63, 3.8) is 0 Å². The average molecular weight is 316 g/mol. The Morgan fingerprint density at radius 3 is 2.62 bits per heavy atom. The van der Waals surface area contributed by atoms with Gasteiger partial charge < -0.3 is 21.3 Å². The van der Waals surface area contributed by atoms with E-state index < -0.39 is 24.5 Å². The molecule has 1 aromatic rings. The molecule has 1 aromatic carbocycles. The van der Waals surface area contributed by atoms with Crippen molar-refractivity contribution in [3.8, 4) is 0 Å². The van der Waals surface area contributed by atoms with E-state index in [2.05, 4.69) is 10.6 Å². The number of hydrogen-bond donors (Lipinski definition) is 5. The number of piperidine rings is 1. The maximum absolute atomic E-state index is 12.0. The molecule has 0 radical (unpaired) electrons. The Bertz CT molecular complexity index is 446. The minimum atomic E-state index is -0.952. The first-order valence-electron chi connectivity index (χ1n) is 6.78. The zero-order valence-electron chi connectivity index (χ0n) is 11.6. The topological polar surface area (TPSA) is 108 Å². The largest absolute Gasteiger partial charge is 0.379 e. The molecule has 0 aliphatic carbocycles. The van der Waals surface area contributed by atoms with Crippen LogP contribution in [0.4, 0.5) is 0 Å². The van der Waals surface area contributed by atoms with Gasteiger partial charge in [0.2, 0.25) is 5.91 Å². The third-order valence-electron chi connectivity index (χ3n) is 3.46. The van der Waals surface area contributed by atoms with E-state index in [-0.39, 0.29) is 18.3 Å². The smallest absolute Gasteiger partial charge is 0.237 e. The molecule has 1 amide bonds. The summed E-state index contributed by atoms with van der Waals surface area (Å²) in [6.07, 6.45) is -0.233. The highest BCUT2D eigenvalue weighted by atomic mass is 35.5. The van der Waals surface area contributed by atoms with E-state index in [1.165, 1.54) is 0 Å². The van der Waals surface area contributed by atoms with Gasteiger partial charge in [-0.05, 0) is 24.8 Å². The molecule has 0 saturated carbocycles. The van der Waals surface area contributed by atoms with Crippen LogP contribution >= 0.6 is 12.4 Å². The van der Waals surface area contributed by atoms with Crippen molar-refractivity contribution in [1.29, 1.82) is 0 Å². The number of aliphatic hydroxyl groups excluding tert-OH is 2. The van der Waals surface area contributed by atoms with Crippen molar-refractivity contribution in [3.05, 3.63) is 35.9 Å². The molecular weight excluding hydrogens is 294 g/mol.